The molecule has 0 saturated carbocycles. The number of ether oxygens (including phenoxy) is 1. The van der Waals surface area contributed by atoms with E-state index in [9.17, 15) is 14.4 Å². The number of carbonyl (C=O) groups is 3. The molecule has 0 atom stereocenters. The van der Waals surface area contributed by atoms with Gasteiger partial charge in [-0.3, -0.25) is 14.6 Å². The molecule has 2 rings (SSSR count). The van der Waals surface area contributed by atoms with Crippen LogP contribution < -0.4 is 5.32 Å². The number of hydrogen-bond donors (Lipinski definition) is 1. The van der Waals surface area contributed by atoms with Crippen LogP contribution in [0.1, 0.15) is 45.1 Å². The fourth-order valence-corrected chi connectivity index (χ4v) is 2.59. The van der Waals surface area contributed by atoms with Gasteiger partial charge in [0.1, 0.15) is 5.69 Å². The van der Waals surface area contributed by atoms with Crippen molar-refractivity contribution < 1.29 is 19.1 Å². The minimum atomic E-state index is -0.543. The summed E-state index contributed by atoms with van der Waals surface area (Å²) in [4.78, 5) is 42.3. The molecule has 0 aliphatic carbocycles. The first-order valence-electron chi connectivity index (χ1n) is 8.35. The fourth-order valence-electron chi connectivity index (χ4n) is 2.42. The molecule has 0 spiro atoms. The van der Waals surface area contributed by atoms with Gasteiger partial charge in [-0.1, -0.05) is 11.6 Å². The summed E-state index contributed by atoms with van der Waals surface area (Å²) in [5.74, 6) is -1.27. The number of halogens is 1. The molecule has 1 N–H and O–H groups in total. The van der Waals surface area contributed by atoms with Crippen LogP contribution in [0.25, 0.3) is 0 Å². The predicted octanol–water partition coefficient (Wildman–Crippen LogP) is 3.26. The summed E-state index contributed by atoms with van der Waals surface area (Å²) in [6.45, 7) is 4.83. The van der Waals surface area contributed by atoms with Crippen LogP contribution in [0.15, 0.2) is 36.5 Å². The van der Waals surface area contributed by atoms with E-state index in [4.69, 9.17) is 11.6 Å². The number of rotatable bonds is 6. The topological polar surface area (TPSA) is 88.6 Å². The highest BCUT2D eigenvalue weighted by atomic mass is 35.5. The molecule has 0 aliphatic rings. The SMILES string of the molecule is CCN(CC)C(=O)c1cc(C(=O)Nc2cc(C(=O)OC)ccc2Cl)ccn1. The molecule has 0 saturated heterocycles. The number of carbonyl (C=O) groups excluding carboxylic acids is 3. The Balaban J connectivity index is 2.25. The number of nitrogens with one attached hydrogen (secondary N) is 1. The van der Waals surface area contributed by atoms with Crippen LogP contribution in [0.4, 0.5) is 5.69 Å². The van der Waals surface area contributed by atoms with Crippen molar-refractivity contribution in [1.29, 1.82) is 0 Å². The van der Waals surface area contributed by atoms with Crippen molar-refractivity contribution in [1.82, 2.24) is 9.88 Å². The Labute approximate surface area is 162 Å². The molecule has 0 bridgehead atoms. The van der Waals surface area contributed by atoms with Crippen molar-refractivity contribution in [2.45, 2.75) is 13.8 Å². The molecule has 1 aromatic heterocycles. The largest absolute Gasteiger partial charge is 0.465 e. The lowest BCUT2D eigenvalue weighted by Crippen LogP contribution is -2.31. The molecule has 142 valence electrons. The van der Waals surface area contributed by atoms with Crippen molar-refractivity contribution in [2.24, 2.45) is 0 Å². The normalized spacial score (nSPS) is 10.2. The monoisotopic (exact) mass is 389 g/mol. The van der Waals surface area contributed by atoms with Crippen molar-refractivity contribution in [3.63, 3.8) is 0 Å². The highest BCUT2D eigenvalue weighted by Crippen LogP contribution is 2.24. The van der Waals surface area contributed by atoms with Gasteiger partial charge >= 0.3 is 5.97 Å². The van der Waals surface area contributed by atoms with Crippen molar-refractivity contribution in [3.8, 4) is 0 Å². The molecule has 2 amide bonds. The minimum Gasteiger partial charge on any atom is -0.465 e. The van der Waals surface area contributed by atoms with Gasteiger partial charge in [-0.05, 0) is 44.2 Å². The Kier molecular flexibility index (Phi) is 6.90. The summed E-state index contributed by atoms with van der Waals surface area (Å²) >= 11 is 6.10. The Morgan fingerprint density at radius 3 is 2.44 bits per heavy atom. The molecule has 0 unspecified atom stereocenters. The smallest absolute Gasteiger partial charge is 0.337 e. The van der Waals surface area contributed by atoms with Gasteiger partial charge in [0, 0.05) is 24.8 Å². The summed E-state index contributed by atoms with van der Waals surface area (Å²) in [7, 11) is 1.26. The van der Waals surface area contributed by atoms with Gasteiger partial charge < -0.3 is 15.0 Å². The van der Waals surface area contributed by atoms with Crippen LogP contribution in [0, 0.1) is 0 Å². The standard InChI is InChI=1S/C19H20ClN3O4/c1-4-23(5-2)18(25)16-10-12(8-9-21-16)17(24)22-15-11-13(19(26)27-3)6-7-14(15)20/h6-11H,4-5H2,1-3H3,(H,22,24). The van der Waals surface area contributed by atoms with E-state index >= 15 is 0 Å². The molecule has 27 heavy (non-hydrogen) atoms. The first-order chi connectivity index (χ1) is 12.9. The average Bonchev–Trinajstić information content (AvgIpc) is 2.69. The summed E-state index contributed by atoms with van der Waals surface area (Å²) in [6, 6.07) is 7.33. The van der Waals surface area contributed by atoms with Crippen LogP contribution >= 0.6 is 11.6 Å². The number of hydrogen-bond acceptors (Lipinski definition) is 5. The maximum absolute atomic E-state index is 12.6. The summed E-state index contributed by atoms with van der Waals surface area (Å²) in [6.07, 6.45) is 1.40. The molecule has 0 radical (unpaired) electrons. The molecule has 1 aromatic carbocycles. The van der Waals surface area contributed by atoms with E-state index in [1.807, 2.05) is 13.8 Å². The van der Waals surface area contributed by atoms with Gasteiger partial charge in [-0.25, -0.2) is 4.79 Å². The number of methoxy groups -OCH3 is 1. The molecule has 1 heterocycles. The Morgan fingerprint density at radius 2 is 1.81 bits per heavy atom. The van der Waals surface area contributed by atoms with Crippen LogP contribution in [0.3, 0.4) is 0 Å². The van der Waals surface area contributed by atoms with Crippen LogP contribution in [-0.2, 0) is 4.74 Å². The Bertz CT molecular complexity index is 866. The van der Waals surface area contributed by atoms with E-state index in [1.165, 1.54) is 43.6 Å². The molecule has 7 nitrogen and oxygen atoms in total. The lowest BCUT2D eigenvalue weighted by atomic mass is 10.1. The van der Waals surface area contributed by atoms with E-state index in [0.29, 0.717) is 13.1 Å². The maximum Gasteiger partial charge on any atom is 0.337 e. The van der Waals surface area contributed by atoms with Crippen molar-refractivity contribution >= 4 is 35.1 Å². The van der Waals surface area contributed by atoms with E-state index in [1.54, 1.807) is 4.90 Å². The predicted molar refractivity (Wildman–Crippen MR) is 102 cm³/mol. The van der Waals surface area contributed by atoms with Gasteiger partial charge in [0.25, 0.3) is 11.8 Å². The van der Waals surface area contributed by atoms with Crippen molar-refractivity contribution in [3.05, 3.63) is 58.4 Å². The highest BCUT2D eigenvalue weighted by molar-refractivity contribution is 6.34. The van der Waals surface area contributed by atoms with Crippen LogP contribution in [-0.4, -0.2) is 47.9 Å². The summed E-state index contributed by atoms with van der Waals surface area (Å²) in [5.41, 5.74) is 0.947. The van der Waals surface area contributed by atoms with Gasteiger partial charge in [-0.15, -0.1) is 0 Å². The number of esters is 1. The number of nitrogens with zero attached hydrogens (tertiary/aromatic N) is 2. The molecule has 8 heteroatoms. The third-order valence-corrected chi connectivity index (χ3v) is 4.26. The number of anilines is 1. The second kappa shape index (κ2) is 9.14. The third-order valence-electron chi connectivity index (χ3n) is 3.93. The van der Waals surface area contributed by atoms with E-state index in [2.05, 4.69) is 15.0 Å². The first kappa shape index (κ1) is 20.4. The number of aromatic nitrogens is 1. The van der Waals surface area contributed by atoms with Gasteiger partial charge in [0.15, 0.2) is 0 Å². The lowest BCUT2D eigenvalue weighted by Gasteiger charge is -2.18. The van der Waals surface area contributed by atoms with Crippen molar-refractivity contribution in [2.75, 3.05) is 25.5 Å². The van der Waals surface area contributed by atoms with E-state index < -0.39 is 11.9 Å². The molecule has 0 aliphatic heterocycles. The van der Waals surface area contributed by atoms with Gasteiger partial charge in [0.05, 0.1) is 23.4 Å². The molecular weight excluding hydrogens is 370 g/mol. The number of amides is 2. The third kappa shape index (κ3) is 4.83. The summed E-state index contributed by atoms with van der Waals surface area (Å²) < 4.78 is 4.66. The van der Waals surface area contributed by atoms with E-state index in [-0.39, 0.29) is 33.4 Å². The quantitative estimate of drug-likeness (QED) is 0.766. The zero-order chi connectivity index (χ0) is 20.0. The van der Waals surface area contributed by atoms with Gasteiger partial charge in [0.2, 0.25) is 0 Å². The second-order valence-corrected chi connectivity index (χ2v) is 5.95. The van der Waals surface area contributed by atoms with Crippen LogP contribution in [0.2, 0.25) is 5.02 Å². The zero-order valence-corrected chi connectivity index (χ0v) is 16.0. The maximum atomic E-state index is 12.6. The highest BCUT2D eigenvalue weighted by Gasteiger charge is 2.17. The second-order valence-electron chi connectivity index (χ2n) is 5.55. The number of benzene rings is 1. The van der Waals surface area contributed by atoms with E-state index in [0.717, 1.165) is 0 Å². The zero-order valence-electron chi connectivity index (χ0n) is 15.3. The average molecular weight is 390 g/mol. The minimum absolute atomic E-state index is 0.181. The Hall–Kier alpha value is -2.93. The lowest BCUT2D eigenvalue weighted by molar-refractivity contribution is 0.0600. The molecular formula is C19H20ClN3O4. The van der Waals surface area contributed by atoms with Crippen LogP contribution in [0.5, 0.6) is 0 Å². The Morgan fingerprint density at radius 1 is 1.11 bits per heavy atom. The molecule has 2 aromatic rings. The first-order valence-corrected chi connectivity index (χ1v) is 8.73. The fraction of sp³-hybridized carbons (Fsp3) is 0.263. The number of pyridine rings is 1. The summed E-state index contributed by atoms with van der Waals surface area (Å²) in [5, 5.41) is 2.91. The molecule has 0 fully saturated rings. The van der Waals surface area contributed by atoms with Gasteiger partial charge in [-0.2, -0.15) is 0 Å².